The Morgan fingerprint density at radius 1 is 1.41 bits per heavy atom. The maximum Gasteiger partial charge on any atom is 0.228 e. The van der Waals surface area contributed by atoms with Crippen molar-refractivity contribution in [2.75, 3.05) is 5.32 Å². The number of carbonyl (C=O) groups excluding carboxylic acids is 1. The van der Waals surface area contributed by atoms with Crippen LogP contribution in [0.25, 0.3) is 0 Å². The van der Waals surface area contributed by atoms with Crippen molar-refractivity contribution in [2.24, 2.45) is 11.3 Å². The van der Waals surface area contributed by atoms with Crippen LogP contribution >= 0.6 is 15.9 Å². The highest BCUT2D eigenvalue weighted by Gasteiger charge is 2.39. The molecule has 1 aliphatic carbocycles. The minimum Gasteiger partial charge on any atom is -0.325 e. The number of hydrogen-bond acceptors (Lipinski definition) is 1. The number of carbonyl (C=O) groups is 1. The van der Waals surface area contributed by atoms with E-state index in [1.165, 1.54) is 0 Å². The van der Waals surface area contributed by atoms with Crippen LogP contribution < -0.4 is 5.32 Å². The summed E-state index contributed by atoms with van der Waals surface area (Å²) in [4.78, 5) is 12.3. The summed E-state index contributed by atoms with van der Waals surface area (Å²) < 4.78 is 0.934. The summed E-state index contributed by atoms with van der Waals surface area (Å²) in [6.45, 7) is 4.37. The number of rotatable bonds is 2. The molecule has 92 valence electrons. The zero-order valence-corrected chi connectivity index (χ0v) is 11.9. The van der Waals surface area contributed by atoms with E-state index in [-0.39, 0.29) is 17.2 Å². The molecule has 1 unspecified atom stereocenters. The van der Waals surface area contributed by atoms with Crippen molar-refractivity contribution in [1.29, 1.82) is 0 Å². The minimum atomic E-state index is 0.130. The van der Waals surface area contributed by atoms with E-state index in [0.717, 1.165) is 29.4 Å². The quantitative estimate of drug-likeness (QED) is 0.870. The maximum absolute atomic E-state index is 12.3. The fraction of sp³-hybridized carbons (Fsp3) is 0.500. The maximum atomic E-state index is 12.3. The summed E-state index contributed by atoms with van der Waals surface area (Å²) in [5, 5.41) is 3.02. The second-order valence-corrected chi connectivity index (χ2v) is 6.26. The predicted octanol–water partition coefficient (Wildman–Crippen LogP) is 4.21. The molecule has 1 amide bonds. The smallest absolute Gasteiger partial charge is 0.228 e. The van der Waals surface area contributed by atoms with Crippen LogP contribution in [0.3, 0.4) is 0 Å². The molecule has 0 radical (unpaired) electrons. The molecule has 1 atom stereocenters. The van der Waals surface area contributed by atoms with E-state index in [4.69, 9.17) is 0 Å². The predicted molar refractivity (Wildman–Crippen MR) is 73.9 cm³/mol. The second-order valence-electron chi connectivity index (χ2n) is 5.40. The molecule has 0 aliphatic heterocycles. The molecule has 1 aliphatic rings. The van der Waals surface area contributed by atoms with Gasteiger partial charge in [-0.3, -0.25) is 4.79 Å². The molecule has 1 N–H and O–H groups in total. The lowest BCUT2D eigenvalue weighted by Gasteiger charge is -2.26. The van der Waals surface area contributed by atoms with Crippen LogP contribution in [0.1, 0.15) is 33.1 Å². The van der Waals surface area contributed by atoms with E-state index >= 15 is 0 Å². The Hall–Kier alpha value is -0.830. The van der Waals surface area contributed by atoms with Gasteiger partial charge < -0.3 is 5.32 Å². The van der Waals surface area contributed by atoms with Crippen LogP contribution in [0.2, 0.25) is 0 Å². The number of halogens is 1. The number of anilines is 1. The molecule has 0 spiro atoms. The summed E-state index contributed by atoms with van der Waals surface area (Å²) in [5.74, 6) is 0.286. The Balaban J connectivity index is 2.10. The lowest BCUT2D eigenvalue weighted by atomic mass is 9.81. The highest BCUT2D eigenvalue weighted by molar-refractivity contribution is 9.10. The second kappa shape index (κ2) is 4.81. The van der Waals surface area contributed by atoms with E-state index in [1.54, 1.807) is 0 Å². The number of hydrogen-bond donors (Lipinski definition) is 1. The van der Waals surface area contributed by atoms with Gasteiger partial charge in [-0.2, -0.15) is 0 Å². The summed E-state index contributed by atoms with van der Waals surface area (Å²) in [5.41, 5.74) is 0.992. The SMILES string of the molecule is CC1(C)CCCC1C(=O)Nc1ccccc1Br. The molecule has 1 fully saturated rings. The van der Waals surface area contributed by atoms with E-state index < -0.39 is 0 Å². The fourth-order valence-electron chi connectivity index (χ4n) is 2.60. The van der Waals surface area contributed by atoms with Crippen LogP contribution in [-0.4, -0.2) is 5.91 Å². The first-order valence-electron chi connectivity index (χ1n) is 6.06. The summed E-state index contributed by atoms with van der Waals surface area (Å²) in [6, 6.07) is 7.73. The molecular weight excluding hydrogens is 278 g/mol. The van der Waals surface area contributed by atoms with Crippen LogP contribution in [0.15, 0.2) is 28.7 Å². The van der Waals surface area contributed by atoms with Gasteiger partial charge in [-0.15, -0.1) is 0 Å². The molecule has 3 heteroatoms. The molecule has 0 heterocycles. The molecule has 2 rings (SSSR count). The van der Waals surface area contributed by atoms with Crippen molar-refractivity contribution in [3.05, 3.63) is 28.7 Å². The molecule has 0 bridgehead atoms. The Morgan fingerprint density at radius 2 is 2.12 bits per heavy atom. The normalized spacial score (nSPS) is 22.4. The van der Waals surface area contributed by atoms with Crippen molar-refractivity contribution >= 4 is 27.5 Å². The fourth-order valence-corrected chi connectivity index (χ4v) is 2.98. The molecule has 1 aromatic rings. The molecular formula is C14H18BrNO. The third kappa shape index (κ3) is 2.71. The first kappa shape index (κ1) is 12.6. The van der Waals surface area contributed by atoms with Crippen LogP contribution in [-0.2, 0) is 4.79 Å². The van der Waals surface area contributed by atoms with Crippen LogP contribution in [0.5, 0.6) is 0 Å². The number of amides is 1. The third-order valence-electron chi connectivity index (χ3n) is 3.71. The molecule has 1 aromatic carbocycles. The standard InChI is InChI=1S/C14H18BrNO/c1-14(2)9-5-6-10(14)13(17)16-12-8-4-3-7-11(12)15/h3-4,7-8,10H,5-6,9H2,1-2H3,(H,16,17). The van der Waals surface area contributed by atoms with E-state index in [0.29, 0.717) is 0 Å². The van der Waals surface area contributed by atoms with Gasteiger partial charge in [0.05, 0.1) is 5.69 Å². The van der Waals surface area contributed by atoms with E-state index in [2.05, 4.69) is 35.1 Å². The lowest BCUT2D eigenvalue weighted by Crippen LogP contribution is -2.30. The molecule has 2 nitrogen and oxygen atoms in total. The van der Waals surface area contributed by atoms with Crippen LogP contribution in [0, 0.1) is 11.3 Å². The van der Waals surface area contributed by atoms with Crippen molar-refractivity contribution in [3.63, 3.8) is 0 Å². The molecule has 17 heavy (non-hydrogen) atoms. The first-order chi connectivity index (χ1) is 8.00. The summed E-state index contributed by atoms with van der Waals surface area (Å²) in [7, 11) is 0. The van der Waals surface area contributed by atoms with Crippen LogP contribution in [0.4, 0.5) is 5.69 Å². The summed E-state index contributed by atoms with van der Waals surface area (Å²) >= 11 is 3.45. The Kier molecular flexibility index (Phi) is 3.57. The van der Waals surface area contributed by atoms with Gasteiger partial charge in [0.1, 0.15) is 0 Å². The Morgan fingerprint density at radius 3 is 2.71 bits per heavy atom. The van der Waals surface area contributed by atoms with E-state index in [1.807, 2.05) is 24.3 Å². The molecule has 0 aromatic heterocycles. The number of nitrogens with one attached hydrogen (secondary N) is 1. The van der Waals surface area contributed by atoms with Gasteiger partial charge in [-0.05, 0) is 46.3 Å². The van der Waals surface area contributed by atoms with Gasteiger partial charge in [-0.1, -0.05) is 32.4 Å². The Labute approximate surface area is 111 Å². The highest BCUT2D eigenvalue weighted by Crippen LogP contribution is 2.43. The van der Waals surface area contributed by atoms with Gasteiger partial charge in [-0.25, -0.2) is 0 Å². The third-order valence-corrected chi connectivity index (χ3v) is 4.40. The van der Waals surface area contributed by atoms with Crippen molar-refractivity contribution in [1.82, 2.24) is 0 Å². The topological polar surface area (TPSA) is 29.1 Å². The van der Waals surface area contributed by atoms with Crippen molar-refractivity contribution in [2.45, 2.75) is 33.1 Å². The number of para-hydroxylation sites is 1. The van der Waals surface area contributed by atoms with Crippen molar-refractivity contribution < 1.29 is 4.79 Å². The average Bonchev–Trinajstić information content (AvgIpc) is 2.61. The first-order valence-corrected chi connectivity index (χ1v) is 6.85. The molecule has 0 saturated heterocycles. The van der Waals surface area contributed by atoms with E-state index in [9.17, 15) is 4.79 Å². The zero-order chi connectivity index (χ0) is 12.5. The largest absolute Gasteiger partial charge is 0.325 e. The van der Waals surface area contributed by atoms with Gasteiger partial charge in [0.25, 0.3) is 0 Å². The monoisotopic (exact) mass is 295 g/mol. The molecule has 1 saturated carbocycles. The van der Waals surface area contributed by atoms with Gasteiger partial charge >= 0.3 is 0 Å². The lowest BCUT2D eigenvalue weighted by molar-refractivity contribution is -0.122. The Bertz CT molecular complexity index is 428. The average molecular weight is 296 g/mol. The van der Waals surface area contributed by atoms with Gasteiger partial charge in [0.15, 0.2) is 0 Å². The zero-order valence-electron chi connectivity index (χ0n) is 10.3. The van der Waals surface area contributed by atoms with Gasteiger partial charge in [0, 0.05) is 10.4 Å². The number of benzene rings is 1. The van der Waals surface area contributed by atoms with Gasteiger partial charge in [0.2, 0.25) is 5.91 Å². The highest BCUT2D eigenvalue weighted by atomic mass is 79.9. The summed E-state index contributed by atoms with van der Waals surface area (Å²) in [6.07, 6.45) is 3.30. The van der Waals surface area contributed by atoms with Crippen molar-refractivity contribution in [3.8, 4) is 0 Å². The minimum absolute atomic E-state index is 0.130.